The summed E-state index contributed by atoms with van der Waals surface area (Å²) in [7, 11) is 0. The number of ether oxygens (including phenoxy) is 3. The molecular weight excluding hydrogens is 306 g/mol. The van der Waals surface area contributed by atoms with Crippen molar-refractivity contribution >= 4 is 0 Å². The Morgan fingerprint density at radius 2 is 1.92 bits per heavy atom. The topological polar surface area (TPSA) is 60.8 Å². The number of aliphatic hydroxyl groups excluding tert-OH is 1. The van der Waals surface area contributed by atoms with Crippen molar-refractivity contribution in [3.05, 3.63) is 59.4 Å². The normalized spacial score (nSPS) is 14.2. The van der Waals surface area contributed by atoms with E-state index in [-0.39, 0.29) is 6.61 Å². The molecule has 0 atom stereocenters. The lowest BCUT2D eigenvalue weighted by atomic mass is 10.2. The minimum atomic E-state index is -0.532. The number of benzene rings is 1. The summed E-state index contributed by atoms with van der Waals surface area (Å²) in [6, 6.07) is 13.6. The second-order valence-electron chi connectivity index (χ2n) is 5.20. The molecule has 1 aliphatic rings. The number of pyridine rings is 1. The molecule has 5 nitrogen and oxygen atoms in total. The van der Waals surface area contributed by atoms with E-state index in [4.69, 9.17) is 19.3 Å². The molecule has 0 saturated carbocycles. The zero-order chi connectivity index (χ0) is 16.6. The third kappa shape index (κ3) is 4.33. The lowest BCUT2D eigenvalue weighted by molar-refractivity contribution is -0.0492. The van der Waals surface area contributed by atoms with Gasteiger partial charge in [0.05, 0.1) is 19.8 Å². The molecule has 0 spiro atoms. The molecular formula is C19H19NO4. The highest BCUT2D eigenvalue weighted by Gasteiger charge is 2.24. The lowest BCUT2D eigenvalue weighted by Gasteiger charge is -2.15. The van der Waals surface area contributed by atoms with E-state index in [0.29, 0.717) is 43.4 Å². The van der Waals surface area contributed by atoms with Crippen molar-refractivity contribution in [2.24, 2.45) is 0 Å². The van der Waals surface area contributed by atoms with Crippen LogP contribution in [0, 0.1) is 11.8 Å². The molecule has 1 N–H and O–H groups in total. The predicted molar refractivity (Wildman–Crippen MR) is 88.2 cm³/mol. The van der Waals surface area contributed by atoms with Gasteiger partial charge in [0.1, 0.15) is 23.7 Å². The molecule has 1 fully saturated rings. The molecule has 0 amide bonds. The van der Waals surface area contributed by atoms with Crippen LogP contribution in [0.25, 0.3) is 0 Å². The fourth-order valence-corrected chi connectivity index (χ4v) is 2.28. The third-order valence-electron chi connectivity index (χ3n) is 3.42. The maximum absolute atomic E-state index is 8.81. The van der Waals surface area contributed by atoms with E-state index in [1.54, 1.807) is 6.07 Å². The van der Waals surface area contributed by atoms with Gasteiger partial charge in [-0.05, 0) is 23.6 Å². The molecule has 1 aromatic heterocycles. The van der Waals surface area contributed by atoms with Gasteiger partial charge in [-0.2, -0.15) is 0 Å². The molecule has 0 radical (unpaired) electrons. The first-order valence-corrected chi connectivity index (χ1v) is 7.87. The van der Waals surface area contributed by atoms with Crippen molar-refractivity contribution in [2.75, 3.05) is 19.8 Å². The van der Waals surface area contributed by atoms with Gasteiger partial charge in [0.25, 0.3) is 0 Å². The quantitative estimate of drug-likeness (QED) is 0.856. The zero-order valence-corrected chi connectivity index (χ0v) is 13.3. The fraction of sp³-hybridized carbons (Fsp3) is 0.316. The van der Waals surface area contributed by atoms with E-state index in [2.05, 4.69) is 16.8 Å². The molecule has 1 aliphatic heterocycles. The Hall–Kier alpha value is -2.39. The van der Waals surface area contributed by atoms with E-state index < -0.39 is 6.29 Å². The van der Waals surface area contributed by atoms with Crippen LogP contribution in [0.1, 0.15) is 29.7 Å². The van der Waals surface area contributed by atoms with E-state index in [1.165, 1.54) is 0 Å². The average Bonchev–Trinajstić information content (AvgIpc) is 3.16. The van der Waals surface area contributed by atoms with Gasteiger partial charge in [0, 0.05) is 6.42 Å². The molecule has 1 aromatic carbocycles. The number of aliphatic hydroxyl groups is 1. The van der Waals surface area contributed by atoms with Crippen molar-refractivity contribution in [1.82, 2.24) is 4.98 Å². The van der Waals surface area contributed by atoms with Gasteiger partial charge >= 0.3 is 0 Å². The second-order valence-corrected chi connectivity index (χ2v) is 5.20. The van der Waals surface area contributed by atoms with Crippen LogP contribution < -0.4 is 4.74 Å². The molecule has 24 heavy (non-hydrogen) atoms. The molecule has 124 valence electrons. The minimum absolute atomic E-state index is 0.0347. The summed E-state index contributed by atoms with van der Waals surface area (Å²) in [4.78, 5) is 4.51. The van der Waals surface area contributed by atoms with Crippen LogP contribution in [0.2, 0.25) is 0 Å². The molecule has 0 aliphatic carbocycles. The number of aromatic nitrogens is 1. The third-order valence-corrected chi connectivity index (χ3v) is 3.42. The summed E-state index contributed by atoms with van der Waals surface area (Å²) >= 11 is 0. The van der Waals surface area contributed by atoms with Gasteiger partial charge in [-0.1, -0.05) is 36.3 Å². The van der Waals surface area contributed by atoms with Gasteiger partial charge in [0.15, 0.2) is 0 Å². The molecule has 5 heteroatoms. The monoisotopic (exact) mass is 325 g/mol. The Morgan fingerprint density at radius 1 is 1.12 bits per heavy atom. The molecule has 2 aromatic rings. The largest absolute Gasteiger partial charge is 0.487 e. The van der Waals surface area contributed by atoms with Crippen molar-refractivity contribution < 1.29 is 19.3 Å². The predicted octanol–water partition coefficient (Wildman–Crippen LogP) is 2.44. The summed E-state index contributed by atoms with van der Waals surface area (Å²) in [5, 5.41) is 8.81. The Morgan fingerprint density at radius 3 is 2.67 bits per heavy atom. The maximum atomic E-state index is 8.81. The minimum Gasteiger partial charge on any atom is -0.487 e. The van der Waals surface area contributed by atoms with E-state index in [9.17, 15) is 0 Å². The van der Waals surface area contributed by atoms with E-state index in [1.807, 2.05) is 36.4 Å². The number of hydrogen-bond donors (Lipinski definition) is 1. The molecule has 1 saturated heterocycles. The highest BCUT2D eigenvalue weighted by atomic mass is 16.7. The first kappa shape index (κ1) is 16.5. The van der Waals surface area contributed by atoms with Gasteiger partial charge in [-0.15, -0.1) is 0 Å². The highest BCUT2D eigenvalue weighted by molar-refractivity contribution is 5.37. The number of hydrogen-bond acceptors (Lipinski definition) is 5. The highest BCUT2D eigenvalue weighted by Crippen LogP contribution is 2.30. The second kappa shape index (κ2) is 8.46. The van der Waals surface area contributed by atoms with Crippen LogP contribution in [0.5, 0.6) is 5.75 Å². The Labute approximate surface area is 141 Å². The van der Waals surface area contributed by atoms with Crippen LogP contribution in [0.4, 0.5) is 0 Å². The SMILES string of the molecule is OCCC#Cc1ccc(OCc2ccccc2)c(C2OCCO2)n1. The smallest absolute Gasteiger partial charge is 0.205 e. The fourth-order valence-electron chi connectivity index (χ4n) is 2.28. The van der Waals surface area contributed by atoms with E-state index in [0.717, 1.165) is 5.56 Å². The number of rotatable bonds is 5. The summed E-state index contributed by atoms with van der Waals surface area (Å²) < 4.78 is 17.0. The van der Waals surface area contributed by atoms with Crippen LogP contribution in [0.15, 0.2) is 42.5 Å². The molecule has 0 bridgehead atoms. The Kier molecular flexibility index (Phi) is 5.80. The van der Waals surface area contributed by atoms with Gasteiger partial charge in [-0.25, -0.2) is 4.98 Å². The van der Waals surface area contributed by atoms with Crippen molar-refractivity contribution in [3.63, 3.8) is 0 Å². The van der Waals surface area contributed by atoms with Gasteiger partial charge in [-0.3, -0.25) is 0 Å². The van der Waals surface area contributed by atoms with E-state index >= 15 is 0 Å². The van der Waals surface area contributed by atoms with Crippen molar-refractivity contribution in [1.29, 1.82) is 0 Å². The lowest BCUT2D eigenvalue weighted by Crippen LogP contribution is -2.07. The molecule has 2 heterocycles. The zero-order valence-electron chi connectivity index (χ0n) is 13.3. The molecule has 0 unspecified atom stereocenters. The first-order chi connectivity index (χ1) is 11.9. The number of nitrogens with zero attached hydrogens (tertiary/aromatic N) is 1. The molecule has 3 rings (SSSR count). The summed E-state index contributed by atoms with van der Waals surface area (Å²) in [5.41, 5.74) is 2.27. The van der Waals surface area contributed by atoms with Gasteiger partial charge < -0.3 is 19.3 Å². The first-order valence-electron chi connectivity index (χ1n) is 7.87. The van der Waals surface area contributed by atoms with Crippen LogP contribution in [-0.4, -0.2) is 29.9 Å². The van der Waals surface area contributed by atoms with Crippen molar-refractivity contribution in [3.8, 4) is 17.6 Å². The van der Waals surface area contributed by atoms with Crippen LogP contribution in [-0.2, 0) is 16.1 Å². The van der Waals surface area contributed by atoms with Crippen LogP contribution >= 0.6 is 0 Å². The Bertz CT molecular complexity index is 715. The Balaban J connectivity index is 1.80. The summed E-state index contributed by atoms with van der Waals surface area (Å²) in [6.45, 7) is 1.54. The standard InChI is InChI=1S/C19H19NO4/c21-11-5-4-8-16-9-10-17(18(20-16)19-22-12-13-23-19)24-14-15-6-2-1-3-7-15/h1-3,6-7,9-10,19,21H,5,11-14H2. The van der Waals surface area contributed by atoms with Crippen LogP contribution in [0.3, 0.4) is 0 Å². The maximum Gasteiger partial charge on any atom is 0.205 e. The summed E-state index contributed by atoms with van der Waals surface area (Å²) in [5.74, 6) is 6.41. The average molecular weight is 325 g/mol. The van der Waals surface area contributed by atoms with Crippen molar-refractivity contribution in [2.45, 2.75) is 19.3 Å². The summed E-state index contributed by atoms with van der Waals surface area (Å²) in [6.07, 6.45) is -0.116. The van der Waals surface area contributed by atoms with Gasteiger partial charge in [0.2, 0.25) is 6.29 Å².